The van der Waals surface area contributed by atoms with E-state index < -0.39 is 6.04 Å². The minimum atomic E-state index is -0.425. The quantitative estimate of drug-likeness (QED) is 0.877. The van der Waals surface area contributed by atoms with Gasteiger partial charge in [-0.05, 0) is 13.1 Å². The second kappa shape index (κ2) is 5.57. The summed E-state index contributed by atoms with van der Waals surface area (Å²) in [5, 5.41) is 10.2. The molecule has 2 atom stereocenters. The summed E-state index contributed by atoms with van der Waals surface area (Å²) < 4.78 is 7.27. The van der Waals surface area contributed by atoms with E-state index in [0.29, 0.717) is 6.61 Å². The number of amides is 1. The number of hydrogen-bond acceptors (Lipinski definition) is 4. The lowest BCUT2D eigenvalue weighted by Gasteiger charge is -2.18. The molecule has 2 aromatic rings. The maximum Gasteiger partial charge on any atom is 0.242 e. The summed E-state index contributed by atoms with van der Waals surface area (Å²) >= 11 is 0. The molecule has 1 aliphatic rings. The van der Waals surface area contributed by atoms with Crippen LogP contribution < -0.4 is 15.4 Å². The van der Waals surface area contributed by atoms with E-state index >= 15 is 0 Å². The number of rotatable bonds is 4. The van der Waals surface area contributed by atoms with Crippen LogP contribution in [0.2, 0.25) is 0 Å². The summed E-state index contributed by atoms with van der Waals surface area (Å²) in [7, 11) is 3.59. The first kappa shape index (κ1) is 13.6. The van der Waals surface area contributed by atoms with Gasteiger partial charge in [0.2, 0.25) is 5.91 Å². The number of nitrogens with one attached hydrogen (secondary N) is 2. The highest BCUT2D eigenvalue weighted by atomic mass is 16.5. The number of carbonyl (C=O) groups excluding carboxylic acids is 1. The van der Waals surface area contributed by atoms with Crippen molar-refractivity contribution >= 4 is 5.91 Å². The molecule has 2 N–H and O–H groups in total. The number of likely N-dealkylation sites (N-methyl/N-ethyl adjacent to an activating group) is 1. The second-order valence-electron chi connectivity index (χ2n) is 5.08. The zero-order valence-electron chi connectivity index (χ0n) is 12.0. The van der Waals surface area contributed by atoms with Crippen molar-refractivity contribution in [2.24, 2.45) is 7.05 Å². The van der Waals surface area contributed by atoms with Gasteiger partial charge >= 0.3 is 0 Å². The van der Waals surface area contributed by atoms with Gasteiger partial charge in [-0.15, -0.1) is 0 Å². The Morgan fingerprint density at radius 3 is 3.00 bits per heavy atom. The molecular formula is C15H18N4O2. The summed E-state index contributed by atoms with van der Waals surface area (Å²) in [6.45, 7) is 0.467. The summed E-state index contributed by atoms with van der Waals surface area (Å²) in [6.07, 6.45) is 3.53. The largest absolute Gasteiger partial charge is 0.491 e. The van der Waals surface area contributed by atoms with E-state index in [0.717, 1.165) is 16.9 Å². The lowest BCUT2D eigenvalue weighted by Crippen LogP contribution is -2.38. The first-order valence-corrected chi connectivity index (χ1v) is 6.87. The fourth-order valence-electron chi connectivity index (χ4n) is 2.58. The number of fused-ring (bicyclic) bond motifs is 1. The minimum Gasteiger partial charge on any atom is -0.491 e. The SMILES string of the molecule is CNC(C(=O)NC1COc2ccccc21)c1cnn(C)c1. The van der Waals surface area contributed by atoms with Crippen molar-refractivity contribution in [2.75, 3.05) is 13.7 Å². The number of ether oxygens (including phenoxy) is 1. The van der Waals surface area contributed by atoms with E-state index in [9.17, 15) is 4.79 Å². The van der Waals surface area contributed by atoms with E-state index in [-0.39, 0.29) is 11.9 Å². The third-order valence-electron chi connectivity index (χ3n) is 3.63. The smallest absolute Gasteiger partial charge is 0.242 e. The zero-order valence-corrected chi connectivity index (χ0v) is 12.0. The average molecular weight is 286 g/mol. The van der Waals surface area contributed by atoms with Crippen LogP contribution in [0.3, 0.4) is 0 Å². The molecule has 3 rings (SSSR count). The number of benzene rings is 1. The Balaban J connectivity index is 1.74. The van der Waals surface area contributed by atoms with E-state index in [1.54, 1.807) is 17.9 Å². The van der Waals surface area contributed by atoms with Crippen LogP contribution in [0.25, 0.3) is 0 Å². The first-order valence-electron chi connectivity index (χ1n) is 6.87. The highest BCUT2D eigenvalue weighted by Gasteiger charge is 2.28. The maximum absolute atomic E-state index is 12.5. The van der Waals surface area contributed by atoms with Crippen molar-refractivity contribution in [1.82, 2.24) is 20.4 Å². The van der Waals surface area contributed by atoms with E-state index in [1.165, 1.54) is 0 Å². The summed E-state index contributed by atoms with van der Waals surface area (Å²) in [5.41, 5.74) is 1.86. The molecule has 110 valence electrons. The molecule has 1 amide bonds. The van der Waals surface area contributed by atoms with Crippen molar-refractivity contribution < 1.29 is 9.53 Å². The van der Waals surface area contributed by atoms with Crippen LogP contribution >= 0.6 is 0 Å². The van der Waals surface area contributed by atoms with Gasteiger partial charge < -0.3 is 15.4 Å². The third kappa shape index (κ3) is 2.62. The Labute approximate surface area is 123 Å². The van der Waals surface area contributed by atoms with Crippen LogP contribution in [0.4, 0.5) is 0 Å². The van der Waals surface area contributed by atoms with Crippen LogP contribution in [-0.2, 0) is 11.8 Å². The number of aryl methyl sites for hydroxylation is 1. The number of carbonyl (C=O) groups is 1. The van der Waals surface area contributed by atoms with Gasteiger partial charge in [0.15, 0.2) is 0 Å². The van der Waals surface area contributed by atoms with Gasteiger partial charge in [-0.3, -0.25) is 9.48 Å². The Morgan fingerprint density at radius 2 is 2.29 bits per heavy atom. The second-order valence-corrected chi connectivity index (χ2v) is 5.08. The van der Waals surface area contributed by atoms with Gasteiger partial charge in [-0.25, -0.2) is 0 Å². The molecule has 1 aliphatic heterocycles. The number of aromatic nitrogens is 2. The van der Waals surface area contributed by atoms with Crippen molar-refractivity contribution in [3.05, 3.63) is 47.8 Å². The molecule has 0 spiro atoms. The molecule has 0 aliphatic carbocycles. The summed E-state index contributed by atoms with van der Waals surface area (Å²) in [5.74, 6) is 0.751. The van der Waals surface area contributed by atoms with Gasteiger partial charge in [0.1, 0.15) is 18.4 Å². The first-order chi connectivity index (χ1) is 10.2. The molecule has 1 aromatic carbocycles. The predicted octanol–water partition coefficient (Wildman–Crippen LogP) is 0.930. The van der Waals surface area contributed by atoms with Crippen LogP contribution in [0, 0.1) is 0 Å². The number of hydrogen-bond donors (Lipinski definition) is 2. The molecule has 0 bridgehead atoms. The highest BCUT2D eigenvalue weighted by Crippen LogP contribution is 2.32. The Morgan fingerprint density at radius 1 is 1.48 bits per heavy atom. The fourth-order valence-corrected chi connectivity index (χ4v) is 2.58. The van der Waals surface area contributed by atoms with Gasteiger partial charge in [0.25, 0.3) is 0 Å². The molecule has 0 saturated heterocycles. The molecule has 2 unspecified atom stereocenters. The van der Waals surface area contributed by atoms with E-state index in [1.807, 2.05) is 37.5 Å². The molecule has 0 saturated carbocycles. The molecule has 6 nitrogen and oxygen atoms in total. The standard InChI is InChI=1S/C15H18N4O2/c1-16-14(10-7-17-19(2)8-10)15(20)18-12-9-21-13-6-4-3-5-11(12)13/h3-8,12,14,16H,9H2,1-2H3,(H,18,20). The molecule has 1 aromatic heterocycles. The third-order valence-corrected chi connectivity index (χ3v) is 3.63. The van der Waals surface area contributed by atoms with Gasteiger partial charge in [0, 0.05) is 24.4 Å². The Hall–Kier alpha value is -2.34. The molecule has 0 radical (unpaired) electrons. The van der Waals surface area contributed by atoms with E-state index in [4.69, 9.17) is 4.74 Å². The van der Waals surface area contributed by atoms with Crippen molar-refractivity contribution in [3.8, 4) is 5.75 Å². The maximum atomic E-state index is 12.5. The molecule has 21 heavy (non-hydrogen) atoms. The van der Waals surface area contributed by atoms with Gasteiger partial charge in [-0.2, -0.15) is 5.10 Å². The molecule has 0 fully saturated rings. The monoisotopic (exact) mass is 286 g/mol. The van der Waals surface area contributed by atoms with Gasteiger partial charge in [0.05, 0.1) is 12.2 Å². The summed E-state index contributed by atoms with van der Waals surface area (Å²) in [4.78, 5) is 12.5. The Kier molecular flexibility index (Phi) is 3.62. The topological polar surface area (TPSA) is 68.2 Å². The predicted molar refractivity (Wildman–Crippen MR) is 77.8 cm³/mol. The number of para-hydroxylation sites is 1. The average Bonchev–Trinajstić information content (AvgIpc) is 3.07. The van der Waals surface area contributed by atoms with Gasteiger partial charge in [-0.1, -0.05) is 18.2 Å². The molecule has 2 heterocycles. The van der Waals surface area contributed by atoms with Crippen molar-refractivity contribution in [3.63, 3.8) is 0 Å². The zero-order chi connectivity index (χ0) is 14.8. The van der Waals surface area contributed by atoms with E-state index in [2.05, 4.69) is 15.7 Å². The molecular weight excluding hydrogens is 268 g/mol. The van der Waals surface area contributed by atoms with Crippen molar-refractivity contribution in [2.45, 2.75) is 12.1 Å². The normalized spacial score (nSPS) is 17.9. The summed E-state index contributed by atoms with van der Waals surface area (Å²) in [6, 6.07) is 7.23. The number of nitrogens with zero attached hydrogens (tertiary/aromatic N) is 2. The lowest BCUT2D eigenvalue weighted by atomic mass is 10.1. The Bertz CT molecular complexity index is 653. The van der Waals surface area contributed by atoms with Crippen LogP contribution in [0.5, 0.6) is 5.75 Å². The van der Waals surface area contributed by atoms with Crippen LogP contribution in [0.1, 0.15) is 23.2 Å². The van der Waals surface area contributed by atoms with Crippen molar-refractivity contribution in [1.29, 1.82) is 0 Å². The lowest BCUT2D eigenvalue weighted by molar-refractivity contribution is -0.124. The van der Waals surface area contributed by atoms with Crippen LogP contribution in [-0.4, -0.2) is 29.3 Å². The fraction of sp³-hybridized carbons (Fsp3) is 0.333. The highest BCUT2D eigenvalue weighted by molar-refractivity contribution is 5.83. The van der Waals surface area contributed by atoms with Crippen LogP contribution in [0.15, 0.2) is 36.7 Å². The molecule has 6 heteroatoms. The minimum absolute atomic E-state index is 0.0872.